The molecule has 0 saturated heterocycles. The molecule has 0 atom stereocenters. The van der Waals surface area contributed by atoms with Gasteiger partial charge in [-0.05, 0) is 30.9 Å². The fraction of sp³-hybridized carbons (Fsp3) is 0.333. The van der Waals surface area contributed by atoms with Gasteiger partial charge in [-0.1, -0.05) is 30.3 Å². The lowest BCUT2D eigenvalue weighted by atomic mass is 9.96. The smallest absolute Gasteiger partial charge is 0.348 e. The van der Waals surface area contributed by atoms with E-state index in [2.05, 4.69) is 0 Å². The molecule has 0 fully saturated rings. The van der Waals surface area contributed by atoms with E-state index in [1.54, 1.807) is 13.2 Å². The van der Waals surface area contributed by atoms with Crippen molar-refractivity contribution in [1.29, 1.82) is 5.26 Å². The molecule has 0 radical (unpaired) electrons. The maximum absolute atomic E-state index is 12.0. The minimum Gasteiger partial charge on any atom is -0.462 e. The highest BCUT2D eigenvalue weighted by Crippen LogP contribution is 2.23. The molecule has 5 nitrogen and oxygen atoms in total. The normalized spacial score (nSPS) is 14.0. The maximum Gasteiger partial charge on any atom is 0.348 e. The van der Waals surface area contributed by atoms with Crippen molar-refractivity contribution in [3.05, 3.63) is 59.1 Å². The van der Waals surface area contributed by atoms with E-state index >= 15 is 0 Å². The molecule has 1 heterocycles. The number of allylic oxidation sites excluding steroid dienone is 2. The number of benzene rings is 1. The molecule has 0 aliphatic carbocycles. The van der Waals surface area contributed by atoms with Crippen molar-refractivity contribution in [2.24, 2.45) is 0 Å². The van der Waals surface area contributed by atoms with Gasteiger partial charge in [0.2, 0.25) is 6.79 Å². The molecule has 0 N–H and O–H groups in total. The zero-order valence-corrected chi connectivity index (χ0v) is 13.1. The predicted molar refractivity (Wildman–Crippen MR) is 83.8 cm³/mol. The average molecular weight is 313 g/mol. The van der Waals surface area contributed by atoms with Crippen LogP contribution in [0.15, 0.2) is 53.5 Å². The molecule has 0 saturated carbocycles. The van der Waals surface area contributed by atoms with Gasteiger partial charge in [0.15, 0.2) is 0 Å². The summed E-state index contributed by atoms with van der Waals surface area (Å²) in [7, 11) is 0. The van der Waals surface area contributed by atoms with Gasteiger partial charge >= 0.3 is 5.97 Å². The second-order valence-electron chi connectivity index (χ2n) is 4.99. The monoisotopic (exact) mass is 313 g/mol. The van der Waals surface area contributed by atoms with E-state index < -0.39 is 5.97 Å². The molecule has 1 aromatic carbocycles. The maximum atomic E-state index is 12.0. The Morgan fingerprint density at radius 1 is 1.35 bits per heavy atom. The first-order valence-electron chi connectivity index (χ1n) is 7.51. The molecular weight excluding hydrogens is 294 g/mol. The van der Waals surface area contributed by atoms with Crippen LogP contribution in [0.25, 0.3) is 0 Å². The summed E-state index contributed by atoms with van der Waals surface area (Å²) >= 11 is 0. The lowest BCUT2D eigenvalue weighted by Gasteiger charge is -2.11. The van der Waals surface area contributed by atoms with Crippen LogP contribution in [-0.2, 0) is 25.4 Å². The van der Waals surface area contributed by atoms with E-state index in [1.807, 2.05) is 36.4 Å². The topological polar surface area (TPSA) is 68.6 Å². The highest BCUT2D eigenvalue weighted by Gasteiger charge is 2.18. The number of ether oxygens (including phenoxy) is 3. The Morgan fingerprint density at radius 3 is 2.74 bits per heavy atom. The quantitative estimate of drug-likeness (QED) is 0.439. The van der Waals surface area contributed by atoms with E-state index in [1.165, 1.54) is 0 Å². The summed E-state index contributed by atoms with van der Waals surface area (Å²) < 4.78 is 15.3. The van der Waals surface area contributed by atoms with Gasteiger partial charge in [-0.15, -0.1) is 0 Å². The Morgan fingerprint density at radius 2 is 2.13 bits per heavy atom. The average Bonchev–Trinajstić information content (AvgIpc) is 3.08. The molecule has 0 bridgehead atoms. The van der Waals surface area contributed by atoms with Crippen LogP contribution in [0.4, 0.5) is 0 Å². The number of nitrogens with zero attached hydrogens (tertiary/aromatic N) is 1. The fourth-order valence-corrected chi connectivity index (χ4v) is 2.29. The van der Waals surface area contributed by atoms with E-state index in [9.17, 15) is 10.1 Å². The highest BCUT2D eigenvalue weighted by atomic mass is 16.7. The Labute approximate surface area is 135 Å². The van der Waals surface area contributed by atoms with Crippen molar-refractivity contribution >= 4 is 5.97 Å². The number of hydrogen-bond donors (Lipinski definition) is 0. The van der Waals surface area contributed by atoms with Gasteiger partial charge in [0.1, 0.15) is 23.7 Å². The molecule has 1 aliphatic rings. The molecule has 1 aliphatic heterocycles. The lowest BCUT2D eigenvalue weighted by Crippen LogP contribution is -2.10. The summed E-state index contributed by atoms with van der Waals surface area (Å²) in [5.41, 5.74) is 1.86. The second kappa shape index (κ2) is 8.64. The van der Waals surface area contributed by atoms with Crippen LogP contribution < -0.4 is 0 Å². The van der Waals surface area contributed by atoms with E-state index in [0.717, 1.165) is 16.9 Å². The Balaban J connectivity index is 2.21. The fourth-order valence-electron chi connectivity index (χ4n) is 2.29. The van der Waals surface area contributed by atoms with Crippen LogP contribution in [-0.4, -0.2) is 19.4 Å². The minimum atomic E-state index is -0.571. The summed E-state index contributed by atoms with van der Waals surface area (Å²) in [4.78, 5) is 12.0. The Bertz CT molecular complexity index is 641. The van der Waals surface area contributed by atoms with E-state index in [4.69, 9.17) is 14.2 Å². The minimum absolute atomic E-state index is 0.0789. The Kier molecular flexibility index (Phi) is 6.25. The Hall–Kier alpha value is -2.74. The number of nitriles is 1. The summed E-state index contributed by atoms with van der Waals surface area (Å²) in [5.74, 6) is 0.148. The summed E-state index contributed by atoms with van der Waals surface area (Å²) in [6.45, 7) is 2.18. The van der Waals surface area contributed by atoms with Crippen molar-refractivity contribution in [3.8, 4) is 6.07 Å². The van der Waals surface area contributed by atoms with Crippen LogP contribution in [0, 0.1) is 11.3 Å². The molecule has 2 rings (SSSR count). The molecule has 23 heavy (non-hydrogen) atoms. The van der Waals surface area contributed by atoms with Gasteiger partial charge in [0.05, 0.1) is 6.61 Å². The molecule has 0 spiro atoms. The predicted octanol–water partition coefficient (Wildman–Crippen LogP) is 3.24. The summed E-state index contributed by atoms with van der Waals surface area (Å²) in [6.07, 6.45) is 3.20. The number of esters is 1. The lowest BCUT2D eigenvalue weighted by molar-refractivity contribution is -0.138. The van der Waals surface area contributed by atoms with Gasteiger partial charge in [0.25, 0.3) is 0 Å². The van der Waals surface area contributed by atoms with E-state index in [-0.39, 0.29) is 19.0 Å². The molecule has 0 aromatic heterocycles. The highest BCUT2D eigenvalue weighted by molar-refractivity contribution is 5.93. The molecule has 1 aromatic rings. The first-order valence-corrected chi connectivity index (χ1v) is 7.51. The van der Waals surface area contributed by atoms with Crippen molar-refractivity contribution in [2.75, 3.05) is 13.4 Å². The van der Waals surface area contributed by atoms with Gasteiger partial charge in [-0.3, -0.25) is 0 Å². The number of carbonyl (C=O) groups excluding carboxylic acids is 1. The number of carbonyl (C=O) groups is 1. The largest absolute Gasteiger partial charge is 0.462 e. The molecular formula is C18H19NO4. The van der Waals surface area contributed by atoms with Crippen molar-refractivity contribution < 1.29 is 19.0 Å². The van der Waals surface area contributed by atoms with E-state index in [0.29, 0.717) is 19.3 Å². The van der Waals surface area contributed by atoms with Crippen molar-refractivity contribution in [1.82, 2.24) is 0 Å². The van der Waals surface area contributed by atoms with Crippen molar-refractivity contribution in [3.63, 3.8) is 0 Å². The van der Waals surface area contributed by atoms with Crippen LogP contribution in [0.5, 0.6) is 0 Å². The number of rotatable bonds is 7. The standard InChI is InChI=1S/C18H19NO4/c1-2-22-18(20)17(11-19)15(8-9-16-12-21-13-23-16)10-14-6-4-3-5-7-14/h3-7,12H,2,8-10,13H2,1H3. The third-order valence-corrected chi connectivity index (χ3v) is 3.41. The first-order chi connectivity index (χ1) is 11.2. The summed E-state index contributed by atoms with van der Waals surface area (Å²) in [5, 5.41) is 9.38. The SMILES string of the molecule is CCOC(=O)C(C#N)=C(CCC1=COCO1)Cc1ccccc1. The molecule has 0 amide bonds. The zero-order valence-electron chi connectivity index (χ0n) is 13.1. The molecule has 120 valence electrons. The van der Waals surface area contributed by atoms with Crippen molar-refractivity contribution in [2.45, 2.75) is 26.2 Å². The third kappa shape index (κ3) is 4.89. The first kappa shape index (κ1) is 16.6. The van der Waals surface area contributed by atoms with Crippen LogP contribution >= 0.6 is 0 Å². The van der Waals surface area contributed by atoms with Gasteiger partial charge in [0, 0.05) is 6.42 Å². The zero-order chi connectivity index (χ0) is 16.5. The van der Waals surface area contributed by atoms with Crippen LogP contribution in [0.3, 0.4) is 0 Å². The van der Waals surface area contributed by atoms with Gasteiger partial charge in [-0.2, -0.15) is 5.26 Å². The number of hydrogen-bond acceptors (Lipinski definition) is 5. The molecule has 5 heteroatoms. The third-order valence-electron chi connectivity index (χ3n) is 3.41. The molecule has 0 unspecified atom stereocenters. The second-order valence-corrected chi connectivity index (χ2v) is 4.99. The van der Waals surface area contributed by atoms with Crippen LogP contribution in [0.2, 0.25) is 0 Å². The van der Waals surface area contributed by atoms with Gasteiger partial charge < -0.3 is 14.2 Å². The van der Waals surface area contributed by atoms with Crippen LogP contribution in [0.1, 0.15) is 25.3 Å². The summed E-state index contributed by atoms with van der Waals surface area (Å²) in [6, 6.07) is 11.7. The van der Waals surface area contributed by atoms with Gasteiger partial charge in [-0.25, -0.2) is 4.79 Å².